The van der Waals surface area contributed by atoms with Crippen molar-refractivity contribution >= 4 is 17.8 Å². The number of hydrogen-bond donors (Lipinski definition) is 0. The molecule has 3 rings (SSSR count). The number of carbonyl (C=O) groups excluding carboxylic acids is 2. The van der Waals surface area contributed by atoms with Crippen molar-refractivity contribution in [3.05, 3.63) is 101 Å². The van der Waals surface area contributed by atoms with Crippen LogP contribution in [-0.2, 0) is 5.41 Å². The fourth-order valence-corrected chi connectivity index (χ4v) is 2.94. The van der Waals surface area contributed by atoms with E-state index in [4.69, 9.17) is 9.47 Å². The maximum atomic E-state index is 12.4. The lowest BCUT2D eigenvalue weighted by Crippen LogP contribution is -2.12. The second-order valence-corrected chi connectivity index (χ2v) is 8.21. The zero-order valence-corrected chi connectivity index (χ0v) is 18.2. The number of methoxy groups -OCH3 is 1. The Labute approximate surface area is 183 Å². The Morgan fingerprint density at radius 1 is 0.742 bits per heavy atom. The highest BCUT2D eigenvalue weighted by molar-refractivity contribution is 6.06. The normalized spacial score (nSPS) is 11.4. The van der Waals surface area contributed by atoms with E-state index >= 15 is 0 Å². The third kappa shape index (κ3) is 5.92. The molecule has 0 saturated heterocycles. The fourth-order valence-electron chi connectivity index (χ4n) is 2.94. The lowest BCUT2D eigenvalue weighted by molar-refractivity contribution is 0.0734. The van der Waals surface area contributed by atoms with Gasteiger partial charge in [0, 0.05) is 5.56 Å². The first kappa shape index (κ1) is 22.0. The van der Waals surface area contributed by atoms with Gasteiger partial charge in [-0.15, -0.1) is 0 Å². The summed E-state index contributed by atoms with van der Waals surface area (Å²) in [7, 11) is 1.58. The zero-order valence-electron chi connectivity index (χ0n) is 18.2. The average molecular weight is 415 g/mol. The van der Waals surface area contributed by atoms with Crippen LogP contribution in [0.2, 0.25) is 0 Å². The summed E-state index contributed by atoms with van der Waals surface area (Å²) in [6.45, 7) is 6.38. The van der Waals surface area contributed by atoms with Crippen molar-refractivity contribution in [1.82, 2.24) is 0 Å². The summed E-state index contributed by atoms with van der Waals surface area (Å²) < 4.78 is 10.6. The highest BCUT2D eigenvalue weighted by Crippen LogP contribution is 2.23. The Balaban J connectivity index is 1.61. The monoisotopic (exact) mass is 414 g/mol. The zero-order chi connectivity index (χ0) is 22.4. The van der Waals surface area contributed by atoms with E-state index in [1.165, 1.54) is 6.08 Å². The van der Waals surface area contributed by atoms with Crippen molar-refractivity contribution in [2.45, 2.75) is 26.2 Å². The number of rotatable bonds is 6. The van der Waals surface area contributed by atoms with Crippen molar-refractivity contribution < 1.29 is 19.1 Å². The maximum Gasteiger partial charge on any atom is 0.343 e. The van der Waals surface area contributed by atoms with Crippen LogP contribution in [0.25, 0.3) is 6.08 Å². The Hall–Kier alpha value is -3.66. The van der Waals surface area contributed by atoms with E-state index in [0.717, 1.165) is 11.1 Å². The van der Waals surface area contributed by atoms with Gasteiger partial charge in [-0.05, 0) is 71.1 Å². The minimum absolute atomic E-state index is 0.0283. The van der Waals surface area contributed by atoms with Crippen molar-refractivity contribution in [2.24, 2.45) is 0 Å². The van der Waals surface area contributed by atoms with E-state index in [1.54, 1.807) is 73.8 Å². The van der Waals surface area contributed by atoms with Crippen LogP contribution in [0.1, 0.15) is 52.6 Å². The van der Waals surface area contributed by atoms with E-state index in [2.05, 4.69) is 20.8 Å². The molecule has 0 saturated carbocycles. The van der Waals surface area contributed by atoms with E-state index < -0.39 is 5.97 Å². The van der Waals surface area contributed by atoms with E-state index in [1.807, 2.05) is 12.1 Å². The Bertz CT molecular complexity index is 1070. The first-order chi connectivity index (χ1) is 14.8. The van der Waals surface area contributed by atoms with Gasteiger partial charge in [-0.3, -0.25) is 4.79 Å². The third-order valence-corrected chi connectivity index (χ3v) is 4.88. The number of hydrogen-bond acceptors (Lipinski definition) is 4. The Morgan fingerprint density at radius 3 is 1.84 bits per heavy atom. The molecule has 0 heterocycles. The summed E-state index contributed by atoms with van der Waals surface area (Å²) in [5.74, 6) is 0.648. The Morgan fingerprint density at radius 2 is 1.29 bits per heavy atom. The first-order valence-electron chi connectivity index (χ1n) is 10.1. The van der Waals surface area contributed by atoms with Gasteiger partial charge in [0.15, 0.2) is 5.78 Å². The topological polar surface area (TPSA) is 52.6 Å². The number of esters is 1. The van der Waals surface area contributed by atoms with Crippen molar-refractivity contribution in [1.29, 1.82) is 0 Å². The van der Waals surface area contributed by atoms with Crippen LogP contribution in [0.5, 0.6) is 11.5 Å². The molecule has 0 unspecified atom stereocenters. The van der Waals surface area contributed by atoms with Gasteiger partial charge in [0.05, 0.1) is 12.7 Å². The van der Waals surface area contributed by atoms with Gasteiger partial charge in [0.2, 0.25) is 0 Å². The predicted octanol–water partition coefficient (Wildman–Crippen LogP) is 6.11. The molecule has 31 heavy (non-hydrogen) atoms. The largest absolute Gasteiger partial charge is 0.497 e. The summed E-state index contributed by atoms with van der Waals surface area (Å²) in [6, 6.07) is 21.4. The lowest BCUT2D eigenvalue weighted by Gasteiger charge is -2.18. The van der Waals surface area contributed by atoms with Crippen LogP contribution >= 0.6 is 0 Å². The molecule has 158 valence electrons. The molecule has 3 aromatic carbocycles. The summed E-state index contributed by atoms with van der Waals surface area (Å²) >= 11 is 0. The number of allylic oxidation sites excluding steroid dienone is 1. The summed E-state index contributed by atoms with van der Waals surface area (Å²) in [4.78, 5) is 24.7. The molecule has 0 spiro atoms. The molecule has 0 atom stereocenters. The predicted molar refractivity (Wildman–Crippen MR) is 123 cm³/mol. The molecule has 0 aliphatic heterocycles. The number of ether oxygens (including phenoxy) is 2. The maximum absolute atomic E-state index is 12.4. The van der Waals surface area contributed by atoms with Crippen LogP contribution in [-0.4, -0.2) is 18.9 Å². The third-order valence-electron chi connectivity index (χ3n) is 4.88. The van der Waals surface area contributed by atoms with Crippen molar-refractivity contribution in [2.75, 3.05) is 7.11 Å². The van der Waals surface area contributed by atoms with Crippen LogP contribution in [0.3, 0.4) is 0 Å². The lowest BCUT2D eigenvalue weighted by atomic mass is 9.87. The van der Waals surface area contributed by atoms with Crippen LogP contribution < -0.4 is 9.47 Å². The quantitative estimate of drug-likeness (QED) is 0.211. The summed E-state index contributed by atoms with van der Waals surface area (Å²) in [5.41, 5.74) is 3.10. The molecule has 0 amide bonds. The van der Waals surface area contributed by atoms with E-state index in [0.29, 0.717) is 22.6 Å². The molecule has 0 aromatic heterocycles. The van der Waals surface area contributed by atoms with E-state index in [9.17, 15) is 9.59 Å². The van der Waals surface area contributed by atoms with Gasteiger partial charge in [-0.2, -0.15) is 0 Å². The first-order valence-corrected chi connectivity index (χ1v) is 10.1. The average Bonchev–Trinajstić information content (AvgIpc) is 2.78. The minimum atomic E-state index is -0.404. The van der Waals surface area contributed by atoms with Gasteiger partial charge in [-0.1, -0.05) is 51.1 Å². The summed E-state index contributed by atoms with van der Waals surface area (Å²) in [6.07, 6.45) is 3.24. The van der Waals surface area contributed by atoms with Gasteiger partial charge in [-0.25, -0.2) is 4.79 Å². The fraction of sp³-hybridized carbons (Fsp3) is 0.185. The van der Waals surface area contributed by atoms with Gasteiger partial charge < -0.3 is 9.47 Å². The molecule has 0 fully saturated rings. The molecule has 0 N–H and O–H groups in total. The highest BCUT2D eigenvalue weighted by Gasteiger charge is 2.15. The molecular weight excluding hydrogens is 388 g/mol. The highest BCUT2D eigenvalue weighted by atomic mass is 16.5. The molecule has 4 nitrogen and oxygen atoms in total. The van der Waals surface area contributed by atoms with Gasteiger partial charge in [0.25, 0.3) is 0 Å². The number of benzene rings is 3. The van der Waals surface area contributed by atoms with Gasteiger partial charge >= 0.3 is 5.97 Å². The standard InChI is InChI=1S/C27H26O4/c1-27(2,3)22-12-8-21(9-13-22)26(29)31-24-14-5-19(6-15-24)7-18-25(28)20-10-16-23(30-4)17-11-20/h5-18H,1-4H3/b18-7+. The van der Waals surface area contributed by atoms with Crippen LogP contribution in [0.4, 0.5) is 0 Å². The smallest absolute Gasteiger partial charge is 0.343 e. The summed E-state index contributed by atoms with van der Waals surface area (Å²) in [5, 5.41) is 0. The van der Waals surface area contributed by atoms with E-state index in [-0.39, 0.29) is 11.2 Å². The molecule has 0 aliphatic rings. The van der Waals surface area contributed by atoms with Crippen LogP contribution in [0.15, 0.2) is 78.9 Å². The van der Waals surface area contributed by atoms with Crippen molar-refractivity contribution in [3.8, 4) is 11.5 Å². The molecule has 4 heteroatoms. The molecule has 0 aliphatic carbocycles. The minimum Gasteiger partial charge on any atom is -0.497 e. The molecule has 0 radical (unpaired) electrons. The van der Waals surface area contributed by atoms with Crippen LogP contribution in [0, 0.1) is 0 Å². The molecular formula is C27H26O4. The second-order valence-electron chi connectivity index (χ2n) is 8.21. The second kappa shape index (κ2) is 9.43. The molecule has 3 aromatic rings. The number of carbonyl (C=O) groups is 2. The number of ketones is 1. The Kier molecular flexibility index (Phi) is 6.71. The molecule has 0 bridgehead atoms. The SMILES string of the molecule is COc1ccc(C(=O)/C=C/c2ccc(OC(=O)c3ccc(C(C)(C)C)cc3)cc2)cc1. The van der Waals surface area contributed by atoms with Gasteiger partial charge in [0.1, 0.15) is 11.5 Å². The van der Waals surface area contributed by atoms with Crippen molar-refractivity contribution in [3.63, 3.8) is 0 Å².